The van der Waals surface area contributed by atoms with E-state index in [1.165, 1.54) is 0 Å². The zero-order valence-electron chi connectivity index (χ0n) is 7.88. The van der Waals surface area contributed by atoms with Gasteiger partial charge in [0.05, 0.1) is 10.0 Å². The van der Waals surface area contributed by atoms with Crippen LogP contribution in [0.5, 0.6) is 0 Å². The van der Waals surface area contributed by atoms with Gasteiger partial charge in [-0.3, -0.25) is 0 Å². The Morgan fingerprint density at radius 3 is 2.40 bits per heavy atom. The van der Waals surface area contributed by atoms with E-state index in [1.807, 2.05) is 12.1 Å². The maximum atomic E-state index is 6.12. The number of nitrogens with two attached hydrogens (primary N) is 1. The molecule has 1 aliphatic carbocycles. The van der Waals surface area contributed by atoms with Crippen molar-refractivity contribution in [3.8, 4) is 0 Å². The molecule has 3 atom stereocenters. The molecule has 4 heteroatoms. The van der Waals surface area contributed by atoms with E-state index in [0.29, 0.717) is 15.7 Å². The minimum atomic E-state index is 0.0275. The number of rotatable bonds is 2. The standard InChI is InChI=1S/C11H10Cl3N/c1-5(15)9-10(11(9)14)6-2-3-7(12)8(13)4-6/h2-4,9-11H,1,15H2. The highest BCUT2D eigenvalue weighted by Crippen LogP contribution is 2.54. The van der Waals surface area contributed by atoms with Gasteiger partial charge in [0.2, 0.25) is 0 Å². The number of hydrogen-bond donors (Lipinski definition) is 1. The molecule has 2 rings (SSSR count). The van der Waals surface area contributed by atoms with Gasteiger partial charge in [-0.2, -0.15) is 0 Å². The Hall–Kier alpha value is -0.370. The third-order valence-electron chi connectivity index (χ3n) is 2.69. The summed E-state index contributed by atoms with van der Waals surface area (Å²) in [5.74, 6) is 0.378. The number of hydrogen-bond acceptors (Lipinski definition) is 1. The van der Waals surface area contributed by atoms with Gasteiger partial charge >= 0.3 is 0 Å². The predicted octanol–water partition coefficient (Wildman–Crippen LogP) is 3.79. The van der Waals surface area contributed by atoms with Crippen LogP contribution in [0.1, 0.15) is 11.5 Å². The Morgan fingerprint density at radius 1 is 1.27 bits per heavy atom. The molecule has 0 heterocycles. The molecule has 0 aromatic heterocycles. The lowest BCUT2D eigenvalue weighted by Crippen LogP contribution is -1.99. The van der Waals surface area contributed by atoms with Gasteiger partial charge in [-0.15, -0.1) is 11.6 Å². The number of alkyl halides is 1. The summed E-state index contributed by atoms with van der Waals surface area (Å²) in [5.41, 5.74) is 7.35. The highest BCUT2D eigenvalue weighted by Gasteiger charge is 2.50. The lowest BCUT2D eigenvalue weighted by Gasteiger charge is -2.02. The Balaban J connectivity index is 2.26. The maximum Gasteiger partial charge on any atom is 0.0595 e. The maximum absolute atomic E-state index is 6.12. The van der Waals surface area contributed by atoms with Crippen LogP contribution in [0.15, 0.2) is 30.5 Å². The highest BCUT2D eigenvalue weighted by molar-refractivity contribution is 6.42. The first-order valence-corrected chi connectivity index (χ1v) is 5.75. The molecule has 0 spiro atoms. The first kappa shape index (κ1) is 11.1. The van der Waals surface area contributed by atoms with Crippen LogP contribution >= 0.6 is 34.8 Å². The van der Waals surface area contributed by atoms with E-state index in [4.69, 9.17) is 40.5 Å². The molecule has 0 amide bonds. The summed E-state index contributed by atoms with van der Waals surface area (Å²) in [4.78, 5) is 0. The molecular weight excluding hydrogens is 252 g/mol. The minimum Gasteiger partial charge on any atom is -0.402 e. The summed E-state index contributed by atoms with van der Waals surface area (Å²) in [7, 11) is 0. The third kappa shape index (κ3) is 1.96. The SMILES string of the molecule is C=C(N)C1C(Cl)C1c1ccc(Cl)c(Cl)c1. The van der Waals surface area contributed by atoms with Crippen LogP contribution in [-0.4, -0.2) is 5.38 Å². The average molecular weight is 263 g/mol. The summed E-state index contributed by atoms with van der Waals surface area (Å²) in [6.45, 7) is 3.72. The predicted molar refractivity (Wildman–Crippen MR) is 65.7 cm³/mol. The fourth-order valence-corrected chi connectivity index (χ4v) is 2.66. The van der Waals surface area contributed by atoms with Crippen molar-refractivity contribution in [3.63, 3.8) is 0 Å². The van der Waals surface area contributed by atoms with Gasteiger partial charge in [0.1, 0.15) is 0 Å². The molecule has 1 fully saturated rings. The van der Waals surface area contributed by atoms with Crippen LogP contribution in [0.4, 0.5) is 0 Å². The molecule has 1 aromatic carbocycles. The zero-order chi connectivity index (χ0) is 11.2. The van der Waals surface area contributed by atoms with E-state index in [2.05, 4.69) is 6.58 Å². The molecule has 0 aliphatic heterocycles. The molecular formula is C11H10Cl3N. The van der Waals surface area contributed by atoms with Crippen molar-refractivity contribution in [2.45, 2.75) is 11.3 Å². The van der Waals surface area contributed by atoms with Crippen molar-refractivity contribution >= 4 is 34.8 Å². The highest BCUT2D eigenvalue weighted by atomic mass is 35.5. The Kier molecular flexibility index (Phi) is 2.89. The normalized spacial score (nSPS) is 28.9. The van der Waals surface area contributed by atoms with Crippen molar-refractivity contribution in [1.82, 2.24) is 0 Å². The molecule has 0 bridgehead atoms. The van der Waals surface area contributed by atoms with Crippen molar-refractivity contribution in [1.29, 1.82) is 0 Å². The van der Waals surface area contributed by atoms with Gasteiger partial charge in [0.25, 0.3) is 0 Å². The fraction of sp³-hybridized carbons (Fsp3) is 0.273. The third-order valence-corrected chi connectivity index (χ3v) is 3.97. The summed E-state index contributed by atoms with van der Waals surface area (Å²) >= 11 is 17.9. The van der Waals surface area contributed by atoms with E-state index in [-0.39, 0.29) is 17.2 Å². The van der Waals surface area contributed by atoms with E-state index in [0.717, 1.165) is 5.56 Å². The second-order valence-corrected chi connectivity index (χ2v) is 5.06. The summed E-state index contributed by atoms with van der Waals surface area (Å²) in [6, 6.07) is 5.54. The van der Waals surface area contributed by atoms with E-state index >= 15 is 0 Å². The monoisotopic (exact) mass is 261 g/mol. The largest absolute Gasteiger partial charge is 0.402 e. The van der Waals surface area contributed by atoms with E-state index < -0.39 is 0 Å². The van der Waals surface area contributed by atoms with Crippen LogP contribution in [-0.2, 0) is 0 Å². The summed E-state index contributed by atoms with van der Waals surface area (Å²) in [5, 5.41) is 1.13. The molecule has 15 heavy (non-hydrogen) atoms. The van der Waals surface area contributed by atoms with Gasteiger partial charge in [-0.05, 0) is 17.7 Å². The molecule has 2 N–H and O–H groups in total. The van der Waals surface area contributed by atoms with Crippen LogP contribution in [0.2, 0.25) is 10.0 Å². The van der Waals surface area contributed by atoms with Gasteiger partial charge in [-0.1, -0.05) is 35.8 Å². The van der Waals surface area contributed by atoms with Crippen LogP contribution in [0.25, 0.3) is 0 Å². The number of benzene rings is 1. The van der Waals surface area contributed by atoms with Crippen molar-refractivity contribution in [2.75, 3.05) is 0 Å². The number of halogens is 3. The molecule has 80 valence electrons. The quantitative estimate of drug-likeness (QED) is 0.806. The Morgan fingerprint density at radius 2 is 1.93 bits per heavy atom. The molecule has 0 saturated heterocycles. The average Bonchev–Trinajstić information content (AvgIpc) is 2.82. The van der Waals surface area contributed by atoms with E-state index in [1.54, 1.807) is 6.07 Å². The van der Waals surface area contributed by atoms with Gasteiger partial charge in [0.15, 0.2) is 0 Å². The van der Waals surface area contributed by atoms with Crippen molar-refractivity contribution in [2.24, 2.45) is 11.7 Å². The molecule has 1 nitrogen and oxygen atoms in total. The second-order valence-electron chi connectivity index (χ2n) is 3.74. The smallest absolute Gasteiger partial charge is 0.0595 e. The molecule has 1 aromatic rings. The van der Waals surface area contributed by atoms with Crippen LogP contribution in [0.3, 0.4) is 0 Å². The lowest BCUT2D eigenvalue weighted by atomic mass is 10.1. The summed E-state index contributed by atoms with van der Waals surface area (Å²) in [6.07, 6.45) is 0. The van der Waals surface area contributed by atoms with Crippen LogP contribution < -0.4 is 5.73 Å². The zero-order valence-corrected chi connectivity index (χ0v) is 10.2. The molecule has 1 aliphatic rings. The first-order valence-electron chi connectivity index (χ1n) is 4.55. The van der Waals surface area contributed by atoms with Gasteiger partial charge in [-0.25, -0.2) is 0 Å². The van der Waals surface area contributed by atoms with Crippen molar-refractivity contribution in [3.05, 3.63) is 46.1 Å². The fourth-order valence-electron chi connectivity index (χ4n) is 1.82. The van der Waals surface area contributed by atoms with Crippen molar-refractivity contribution < 1.29 is 0 Å². The first-order chi connectivity index (χ1) is 7.02. The van der Waals surface area contributed by atoms with Gasteiger partial charge < -0.3 is 5.73 Å². The molecule has 1 saturated carbocycles. The molecule has 3 unspecified atom stereocenters. The minimum absolute atomic E-state index is 0.0275. The topological polar surface area (TPSA) is 26.0 Å². The van der Waals surface area contributed by atoms with E-state index in [9.17, 15) is 0 Å². The Bertz CT molecular complexity index is 416. The number of allylic oxidation sites excluding steroid dienone is 1. The second kappa shape index (κ2) is 3.89. The van der Waals surface area contributed by atoms with Crippen LogP contribution in [0, 0.1) is 5.92 Å². The Labute approximate surface area is 104 Å². The van der Waals surface area contributed by atoms with Gasteiger partial charge in [0, 0.05) is 22.9 Å². The molecule has 0 radical (unpaired) electrons. The lowest BCUT2D eigenvalue weighted by molar-refractivity contribution is 0.927. The summed E-state index contributed by atoms with van der Waals surface area (Å²) < 4.78 is 0.